The van der Waals surface area contributed by atoms with E-state index in [1.165, 1.54) is 18.2 Å². The van der Waals surface area contributed by atoms with Gasteiger partial charge >= 0.3 is 11.7 Å². The van der Waals surface area contributed by atoms with Gasteiger partial charge in [-0.1, -0.05) is 23.2 Å². The lowest BCUT2D eigenvalue weighted by Crippen LogP contribution is -1.99. The van der Waals surface area contributed by atoms with E-state index in [0.29, 0.717) is 0 Å². The van der Waals surface area contributed by atoms with Crippen molar-refractivity contribution in [3.63, 3.8) is 0 Å². The minimum atomic E-state index is -1.22. The molecule has 0 atom stereocenters. The average Bonchev–Trinajstić information content (AvgIpc) is 2.88. The number of furan rings is 1. The van der Waals surface area contributed by atoms with Crippen LogP contribution in [0.2, 0.25) is 10.0 Å². The predicted molar refractivity (Wildman–Crippen MR) is 73.1 cm³/mol. The number of nitro groups is 1. The summed E-state index contributed by atoms with van der Waals surface area (Å²) in [4.78, 5) is 20.9. The van der Waals surface area contributed by atoms with Crippen molar-refractivity contribution in [2.24, 2.45) is 0 Å². The number of carboxylic acid groups (broad SMARTS) is 1. The summed E-state index contributed by atoms with van der Waals surface area (Å²) < 4.78 is 10.2. The third-order valence-electron chi connectivity index (χ3n) is 2.44. The molecule has 110 valence electrons. The first-order valence-corrected chi connectivity index (χ1v) is 6.22. The summed E-state index contributed by atoms with van der Waals surface area (Å²) in [5.41, 5.74) is -0.352. The zero-order chi connectivity index (χ0) is 15.6. The normalized spacial score (nSPS) is 10.4. The molecule has 0 spiro atoms. The fourth-order valence-electron chi connectivity index (χ4n) is 1.50. The molecule has 0 radical (unpaired) electrons. The third kappa shape index (κ3) is 3.45. The molecule has 0 amide bonds. The molecule has 1 N–H and O–H groups in total. The highest BCUT2D eigenvalue weighted by atomic mass is 35.5. The number of ether oxygens (including phenoxy) is 1. The molecule has 0 aliphatic rings. The number of hydrogen-bond donors (Lipinski definition) is 1. The minimum absolute atomic E-state index is 0.0295. The molecular formula is C12H7Cl2NO6. The summed E-state index contributed by atoms with van der Waals surface area (Å²) in [7, 11) is 0. The van der Waals surface area contributed by atoms with Crippen LogP contribution in [0.25, 0.3) is 0 Å². The Hall–Kier alpha value is -2.25. The Morgan fingerprint density at radius 3 is 2.57 bits per heavy atom. The van der Waals surface area contributed by atoms with Crippen LogP contribution in [-0.4, -0.2) is 16.0 Å². The van der Waals surface area contributed by atoms with Crippen LogP contribution in [0, 0.1) is 10.1 Å². The Morgan fingerprint density at radius 1 is 1.33 bits per heavy atom. The van der Waals surface area contributed by atoms with Crippen LogP contribution in [0.3, 0.4) is 0 Å². The molecule has 0 fully saturated rings. The van der Waals surface area contributed by atoms with Gasteiger partial charge in [-0.2, -0.15) is 0 Å². The van der Waals surface area contributed by atoms with Gasteiger partial charge in [-0.25, -0.2) is 4.79 Å². The fourth-order valence-corrected chi connectivity index (χ4v) is 1.81. The summed E-state index contributed by atoms with van der Waals surface area (Å²) in [5, 5.41) is 19.8. The highest BCUT2D eigenvalue weighted by Crippen LogP contribution is 2.36. The molecular weight excluding hydrogens is 325 g/mol. The molecule has 1 aromatic heterocycles. The van der Waals surface area contributed by atoms with Gasteiger partial charge in [-0.3, -0.25) is 10.1 Å². The fraction of sp³-hybridized carbons (Fsp3) is 0.0833. The number of carbonyl (C=O) groups is 1. The van der Waals surface area contributed by atoms with Gasteiger partial charge in [-0.15, -0.1) is 0 Å². The first-order valence-electron chi connectivity index (χ1n) is 5.46. The van der Waals surface area contributed by atoms with E-state index in [2.05, 4.69) is 0 Å². The first kappa shape index (κ1) is 15.1. The maximum absolute atomic E-state index is 10.9. The maximum Gasteiger partial charge on any atom is 0.371 e. The van der Waals surface area contributed by atoms with E-state index in [4.69, 9.17) is 37.5 Å². The summed E-state index contributed by atoms with van der Waals surface area (Å²) in [6.45, 7) is -0.188. The lowest BCUT2D eigenvalue weighted by atomic mass is 10.3. The van der Waals surface area contributed by atoms with E-state index in [1.807, 2.05) is 0 Å². The van der Waals surface area contributed by atoms with Crippen molar-refractivity contribution in [1.82, 2.24) is 0 Å². The number of halogens is 2. The molecule has 0 unspecified atom stereocenters. The molecule has 2 aromatic rings. The number of hydrogen-bond acceptors (Lipinski definition) is 5. The number of rotatable bonds is 5. The Balaban J connectivity index is 2.20. The van der Waals surface area contributed by atoms with Crippen molar-refractivity contribution < 1.29 is 24.0 Å². The largest absolute Gasteiger partial charge is 0.479 e. The zero-order valence-electron chi connectivity index (χ0n) is 10.2. The molecule has 0 saturated carbocycles. The lowest BCUT2D eigenvalue weighted by Gasteiger charge is -2.06. The molecule has 7 nitrogen and oxygen atoms in total. The highest BCUT2D eigenvalue weighted by Gasteiger charge is 2.19. The number of carboxylic acids is 1. The van der Waals surface area contributed by atoms with Gasteiger partial charge in [-0.05, 0) is 12.1 Å². The van der Waals surface area contributed by atoms with E-state index >= 15 is 0 Å². The Labute approximate surface area is 127 Å². The summed E-state index contributed by atoms with van der Waals surface area (Å²) in [6.07, 6.45) is 0. The average molecular weight is 332 g/mol. The molecule has 0 aliphatic carbocycles. The van der Waals surface area contributed by atoms with E-state index in [9.17, 15) is 14.9 Å². The molecule has 0 bridgehead atoms. The van der Waals surface area contributed by atoms with Gasteiger partial charge in [0.05, 0.1) is 15.0 Å². The van der Waals surface area contributed by atoms with Crippen molar-refractivity contribution >= 4 is 34.9 Å². The zero-order valence-corrected chi connectivity index (χ0v) is 11.7. The molecule has 0 saturated heterocycles. The van der Waals surface area contributed by atoms with Gasteiger partial charge in [0.1, 0.15) is 12.4 Å². The van der Waals surface area contributed by atoms with E-state index in [-0.39, 0.29) is 39.6 Å². The SMILES string of the molecule is O=C(O)c1ccc(COc2cc(Cl)c(Cl)cc2[N+](=O)[O-])o1. The Morgan fingerprint density at radius 2 is 2.00 bits per heavy atom. The van der Waals surface area contributed by atoms with Crippen LogP contribution in [0.15, 0.2) is 28.7 Å². The van der Waals surface area contributed by atoms with Crippen molar-refractivity contribution in [3.8, 4) is 5.75 Å². The van der Waals surface area contributed by atoms with E-state index in [1.54, 1.807) is 0 Å². The van der Waals surface area contributed by atoms with Gasteiger partial charge in [0, 0.05) is 12.1 Å². The van der Waals surface area contributed by atoms with Gasteiger partial charge in [0.25, 0.3) is 0 Å². The van der Waals surface area contributed by atoms with E-state index in [0.717, 1.165) is 6.07 Å². The molecule has 0 aliphatic heterocycles. The van der Waals surface area contributed by atoms with Crippen molar-refractivity contribution in [3.05, 3.63) is 55.9 Å². The standard InChI is InChI=1S/C12H7Cl2NO6/c13-7-3-9(15(18)19)11(4-8(7)14)20-5-6-1-2-10(21-6)12(16)17/h1-4H,5H2,(H,16,17). The Bertz CT molecular complexity index is 712. The summed E-state index contributed by atoms with van der Waals surface area (Å²) in [5.74, 6) is -1.37. The Kier molecular flexibility index (Phi) is 4.35. The monoisotopic (exact) mass is 331 g/mol. The number of aromatic carboxylic acids is 1. The molecule has 1 aromatic carbocycles. The topological polar surface area (TPSA) is 103 Å². The van der Waals surface area contributed by atoms with Crippen LogP contribution in [-0.2, 0) is 6.61 Å². The number of benzene rings is 1. The van der Waals surface area contributed by atoms with Crippen molar-refractivity contribution in [2.45, 2.75) is 6.61 Å². The quantitative estimate of drug-likeness (QED) is 0.660. The number of nitro benzene ring substituents is 1. The van der Waals surface area contributed by atoms with Crippen LogP contribution in [0.4, 0.5) is 5.69 Å². The molecule has 21 heavy (non-hydrogen) atoms. The van der Waals surface area contributed by atoms with Crippen LogP contribution in [0.5, 0.6) is 5.75 Å². The van der Waals surface area contributed by atoms with Crippen molar-refractivity contribution in [1.29, 1.82) is 0 Å². The number of nitrogens with zero attached hydrogens (tertiary/aromatic N) is 1. The molecule has 9 heteroatoms. The predicted octanol–water partition coefficient (Wildman–Crippen LogP) is 3.77. The van der Waals surface area contributed by atoms with Gasteiger partial charge < -0.3 is 14.3 Å². The summed E-state index contributed by atoms with van der Waals surface area (Å²) in [6, 6.07) is 4.93. The van der Waals surface area contributed by atoms with Gasteiger partial charge in [0.2, 0.25) is 5.76 Å². The van der Waals surface area contributed by atoms with Crippen LogP contribution >= 0.6 is 23.2 Å². The third-order valence-corrected chi connectivity index (χ3v) is 3.16. The highest BCUT2D eigenvalue weighted by molar-refractivity contribution is 6.42. The second-order valence-electron chi connectivity index (χ2n) is 3.85. The summed E-state index contributed by atoms with van der Waals surface area (Å²) >= 11 is 11.5. The smallest absolute Gasteiger partial charge is 0.371 e. The molecule has 1 heterocycles. The maximum atomic E-state index is 10.9. The molecule has 2 rings (SSSR count). The first-order chi connectivity index (χ1) is 9.88. The van der Waals surface area contributed by atoms with E-state index < -0.39 is 10.9 Å². The minimum Gasteiger partial charge on any atom is -0.479 e. The van der Waals surface area contributed by atoms with Crippen LogP contribution < -0.4 is 4.74 Å². The lowest BCUT2D eigenvalue weighted by molar-refractivity contribution is -0.385. The van der Waals surface area contributed by atoms with Gasteiger partial charge in [0.15, 0.2) is 5.75 Å². The second kappa shape index (κ2) is 6.02. The second-order valence-corrected chi connectivity index (χ2v) is 4.67. The van der Waals surface area contributed by atoms with Crippen molar-refractivity contribution in [2.75, 3.05) is 0 Å². The van der Waals surface area contributed by atoms with Crippen LogP contribution in [0.1, 0.15) is 16.3 Å².